The maximum Gasteiger partial charge on any atom is 0.335 e. The Kier molecular flexibility index (Phi) is 3.28. The number of hydrogen-bond donors (Lipinski definition) is 2. The van der Waals surface area contributed by atoms with Gasteiger partial charge >= 0.3 is 5.97 Å². The summed E-state index contributed by atoms with van der Waals surface area (Å²) < 4.78 is 5.44. The Morgan fingerprint density at radius 2 is 2.35 bits per heavy atom. The average molecular weight is 236 g/mol. The van der Waals surface area contributed by atoms with E-state index in [9.17, 15) is 4.79 Å². The summed E-state index contributed by atoms with van der Waals surface area (Å²) in [6.07, 6.45) is 1.05. The van der Waals surface area contributed by atoms with Gasteiger partial charge < -0.3 is 15.2 Å². The van der Waals surface area contributed by atoms with Crippen LogP contribution in [0.25, 0.3) is 0 Å². The number of rotatable bonds is 3. The Balaban J connectivity index is 2.17. The van der Waals surface area contributed by atoms with Crippen LogP contribution in [0.5, 0.6) is 0 Å². The van der Waals surface area contributed by atoms with Crippen molar-refractivity contribution in [3.05, 3.63) is 23.4 Å². The third-order valence-corrected chi connectivity index (χ3v) is 2.91. The lowest BCUT2D eigenvalue weighted by Gasteiger charge is -2.17. The van der Waals surface area contributed by atoms with Crippen LogP contribution in [0.3, 0.4) is 0 Å². The fourth-order valence-corrected chi connectivity index (χ4v) is 1.98. The van der Waals surface area contributed by atoms with Gasteiger partial charge in [-0.25, -0.2) is 9.78 Å². The second-order valence-corrected chi connectivity index (χ2v) is 4.30. The zero-order chi connectivity index (χ0) is 12.4. The number of nitrogens with zero attached hydrogens (tertiary/aromatic N) is 1. The van der Waals surface area contributed by atoms with Gasteiger partial charge in [0, 0.05) is 12.3 Å². The molecule has 0 amide bonds. The molecule has 1 saturated heterocycles. The molecular weight excluding hydrogens is 220 g/mol. The molecule has 0 saturated carbocycles. The van der Waals surface area contributed by atoms with Crippen LogP contribution in [0.1, 0.15) is 29.4 Å². The third-order valence-electron chi connectivity index (χ3n) is 2.91. The summed E-state index contributed by atoms with van der Waals surface area (Å²) in [5.41, 5.74) is 0.950. The largest absolute Gasteiger partial charge is 0.478 e. The van der Waals surface area contributed by atoms with E-state index in [1.54, 1.807) is 19.1 Å². The molecule has 1 fully saturated rings. The summed E-state index contributed by atoms with van der Waals surface area (Å²) in [5, 5.41) is 12.2. The summed E-state index contributed by atoms with van der Waals surface area (Å²) in [6, 6.07) is 3.31. The summed E-state index contributed by atoms with van der Waals surface area (Å²) in [6.45, 7) is 4.52. The van der Waals surface area contributed by atoms with Gasteiger partial charge in [-0.05, 0) is 32.4 Å². The first-order chi connectivity index (χ1) is 8.06. The molecule has 2 rings (SSSR count). The van der Waals surface area contributed by atoms with Crippen LogP contribution in [0.2, 0.25) is 0 Å². The molecule has 17 heavy (non-hydrogen) atoms. The zero-order valence-corrected chi connectivity index (χ0v) is 9.93. The number of carboxylic acids is 1. The molecule has 2 atom stereocenters. The predicted molar refractivity (Wildman–Crippen MR) is 63.4 cm³/mol. The highest BCUT2D eigenvalue weighted by Gasteiger charge is 2.24. The van der Waals surface area contributed by atoms with E-state index in [0.29, 0.717) is 11.5 Å². The number of nitrogens with one attached hydrogen (secondary N) is 1. The normalized spacial score (nSPS) is 23.6. The van der Waals surface area contributed by atoms with Gasteiger partial charge in [0.1, 0.15) is 5.82 Å². The van der Waals surface area contributed by atoms with E-state index in [0.717, 1.165) is 13.0 Å². The first-order valence-electron chi connectivity index (χ1n) is 5.66. The van der Waals surface area contributed by atoms with Crippen molar-refractivity contribution in [2.75, 3.05) is 11.9 Å². The van der Waals surface area contributed by atoms with Crippen LogP contribution in [0, 0.1) is 6.92 Å². The number of aryl methyl sites for hydroxylation is 1. The van der Waals surface area contributed by atoms with Crippen molar-refractivity contribution in [2.45, 2.75) is 32.4 Å². The highest BCUT2D eigenvalue weighted by atomic mass is 16.5. The molecular formula is C12H16N2O3. The van der Waals surface area contributed by atoms with Gasteiger partial charge in [0.15, 0.2) is 0 Å². The average Bonchev–Trinajstić information content (AvgIpc) is 2.63. The minimum absolute atomic E-state index is 0.130. The fraction of sp³-hybridized carbons (Fsp3) is 0.500. The number of aromatic carboxylic acids is 1. The molecule has 1 aliphatic rings. The van der Waals surface area contributed by atoms with Crippen LogP contribution < -0.4 is 5.32 Å². The van der Waals surface area contributed by atoms with E-state index in [2.05, 4.69) is 10.3 Å². The van der Waals surface area contributed by atoms with E-state index >= 15 is 0 Å². The molecule has 0 bridgehead atoms. The van der Waals surface area contributed by atoms with Crippen molar-refractivity contribution < 1.29 is 14.6 Å². The predicted octanol–water partition coefficient (Wildman–Crippen LogP) is 1.68. The van der Waals surface area contributed by atoms with Crippen LogP contribution >= 0.6 is 0 Å². The number of ether oxygens (including phenoxy) is 1. The number of carbonyl (C=O) groups is 1. The van der Waals surface area contributed by atoms with Gasteiger partial charge in [0.25, 0.3) is 0 Å². The van der Waals surface area contributed by atoms with Crippen molar-refractivity contribution in [3.63, 3.8) is 0 Å². The molecule has 92 valence electrons. The second-order valence-electron chi connectivity index (χ2n) is 4.30. The van der Waals surface area contributed by atoms with Gasteiger partial charge in [-0.3, -0.25) is 0 Å². The van der Waals surface area contributed by atoms with Gasteiger partial charge in [0.05, 0.1) is 17.7 Å². The summed E-state index contributed by atoms with van der Waals surface area (Å²) in [4.78, 5) is 15.2. The molecule has 2 heterocycles. The standard InChI is InChI=1S/C12H16N2O3/c1-7-5-9(12(15)16)6-11(13-7)14-10-3-4-17-8(10)2/h5-6,8,10H,3-4H2,1-2H3,(H,13,14)(H,15,16). The summed E-state index contributed by atoms with van der Waals surface area (Å²) in [7, 11) is 0. The Labute approximate surface area is 99.8 Å². The lowest BCUT2D eigenvalue weighted by atomic mass is 10.1. The van der Waals surface area contributed by atoms with E-state index < -0.39 is 5.97 Å². The Morgan fingerprint density at radius 3 is 2.94 bits per heavy atom. The number of carboxylic acid groups (broad SMARTS) is 1. The topological polar surface area (TPSA) is 71.5 Å². The summed E-state index contributed by atoms with van der Waals surface area (Å²) in [5.74, 6) is -0.334. The molecule has 5 nitrogen and oxygen atoms in total. The molecule has 0 aromatic carbocycles. The zero-order valence-electron chi connectivity index (χ0n) is 9.93. The van der Waals surface area contributed by atoms with Gasteiger partial charge in [-0.1, -0.05) is 0 Å². The molecule has 1 aromatic heterocycles. The number of pyridine rings is 1. The van der Waals surface area contributed by atoms with Crippen molar-refractivity contribution in [2.24, 2.45) is 0 Å². The molecule has 2 unspecified atom stereocenters. The maximum absolute atomic E-state index is 10.9. The van der Waals surface area contributed by atoms with Crippen LogP contribution in [0.15, 0.2) is 12.1 Å². The van der Waals surface area contributed by atoms with Crippen LogP contribution in [0.4, 0.5) is 5.82 Å². The smallest absolute Gasteiger partial charge is 0.335 e. The fourth-order valence-electron chi connectivity index (χ4n) is 1.98. The van der Waals surface area contributed by atoms with Crippen LogP contribution in [-0.4, -0.2) is 34.8 Å². The number of hydrogen-bond acceptors (Lipinski definition) is 4. The highest BCUT2D eigenvalue weighted by molar-refractivity contribution is 5.88. The summed E-state index contributed by atoms with van der Waals surface area (Å²) >= 11 is 0. The molecule has 1 aromatic rings. The number of anilines is 1. The maximum atomic E-state index is 10.9. The van der Waals surface area contributed by atoms with Crippen molar-refractivity contribution in [3.8, 4) is 0 Å². The first-order valence-corrected chi connectivity index (χ1v) is 5.66. The molecule has 0 spiro atoms. The third kappa shape index (κ3) is 2.74. The second kappa shape index (κ2) is 4.71. The van der Waals surface area contributed by atoms with Crippen molar-refractivity contribution >= 4 is 11.8 Å². The molecule has 0 radical (unpaired) electrons. The van der Waals surface area contributed by atoms with E-state index in [-0.39, 0.29) is 17.7 Å². The number of aromatic nitrogens is 1. The Morgan fingerprint density at radius 1 is 1.59 bits per heavy atom. The molecule has 5 heteroatoms. The minimum Gasteiger partial charge on any atom is -0.478 e. The Hall–Kier alpha value is -1.62. The van der Waals surface area contributed by atoms with Crippen molar-refractivity contribution in [1.29, 1.82) is 0 Å². The highest BCUT2D eigenvalue weighted by Crippen LogP contribution is 2.19. The molecule has 0 aliphatic carbocycles. The lowest BCUT2D eigenvalue weighted by Crippen LogP contribution is -2.27. The minimum atomic E-state index is -0.936. The molecule has 2 N–H and O–H groups in total. The molecule has 1 aliphatic heterocycles. The quantitative estimate of drug-likeness (QED) is 0.835. The van der Waals surface area contributed by atoms with E-state index in [1.165, 1.54) is 0 Å². The lowest BCUT2D eigenvalue weighted by molar-refractivity contribution is 0.0696. The van der Waals surface area contributed by atoms with E-state index in [1.807, 2.05) is 6.92 Å². The van der Waals surface area contributed by atoms with Crippen molar-refractivity contribution in [1.82, 2.24) is 4.98 Å². The van der Waals surface area contributed by atoms with E-state index in [4.69, 9.17) is 9.84 Å². The van der Waals surface area contributed by atoms with Gasteiger partial charge in [-0.2, -0.15) is 0 Å². The SMILES string of the molecule is Cc1cc(C(=O)O)cc(NC2CCOC2C)n1. The first kappa shape index (κ1) is 11.9. The van der Waals surface area contributed by atoms with Gasteiger partial charge in [-0.15, -0.1) is 0 Å². The van der Waals surface area contributed by atoms with Gasteiger partial charge in [0.2, 0.25) is 0 Å². The Bertz CT molecular complexity index is 434. The monoisotopic (exact) mass is 236 g/mol. The van der Waals surface area contributed by atoms with Crippen LogP contribution in [-0.2, 0) is 4.74 Å².